The Kier molecular flexibility index (Phi) is 3.05. The molecule has 2 aliphatic rings. The van der Waals surface area contributed by atoms with Crippen molar-refractivity contribution >= 4 is 5.82 Å². The van der Waals surface area contributed by atoms with Gasteiger partial charge in [-0.1, -0.05) is 6.42 Å². The van der Waals surface area contributed by atoms with E-state index in [1.807, 2.05) is 0 Å². The zero-order valence-electron chi connectivity index (χ0n) is 10.6. The number of nitrogens with one attached hydrogen (secondary N) is 2. The molecule has 17 heavy (non-hydrogen) atoms. The summed E-state index contributed by atoms with van der Waals surface area (Å²) in [4.78, 5) is 2.47. The molecule has 1 fully saturated rings. The van der Waals surface area contributed by atoms with Crippen LogP contribution in [-0.2, 0) is 6.42 Å². The molecule has 1 aromatic rings. The molecule has 0 amide bonds. The van der Waals surface area contributed by atoms with Crippen LogP contribution in [0.3, 0.4) is 0 Å². The minimum atomic E-state index is 0.555. The van der Waals surface area contributed by atoms with E-state index in [0.717, 1.165) is 12.4 Å². The molecule has 0 radical (unpaired) electrons. The molecule has 0 spiro atoms. The SMILES string of the molecule is CN1CCCC[C@H]1c1[nH]nc2c1CCCCN2. The second kappa shape index (κ2) is 4.69. The fourth-order valence-corrected chi connectivity index (χ4v) is 3.13. The maximum Gasteiger partial charge on any atom is 0.151 e. The maximum absolute atomic E-state index is 4.46. The van der Waals surface area contributed by atoms with E-state index in [-0.39, 0.29) is 0 Å². The molecule has 0 unspecified atom stereocenters. The molecule has 1 atom stereocenters. The summed E-state index contributed by atoms with van der Waals surface area (Å²) in [6.45, 7) is 2.28. The van der Waals surface area contributed by atoms with E-state index in [0.29, 0.717) is 6.04 Å². The minimum Gasteiger partial charge on any atom is -0.368 e. The van der Waals surface area contributed by atoms with E-state index in [2.05, 4.69) is 27.5 Å². The predicted octanol–water partition coefficient (Wildman–Crippen LogP) is 2.31. The van der Waals surface area contributed by atoms with Crippen LogP contribution in [0.2, 0.25) is 0 Å². The van der Waals surface area contributed by atoms with Gasteiger partial charge in [-0.3, -0.25) is 10.00 Å². The first-order valence-electron chi connectivity index (χ1n) is 6.87. The van der Waals surface area contributed by atoms with Gasteiger partial charge in [-0.2, -0.15) is 5.10 Å². The highest BCUT2D eigenvalue weighted by Gasteiger charge is 2.26. The van der Waals surface area contributed by atoms with Gasteiger partial charge in [-0.25, -0.2) is 0 Å². The van der Waals surface area contributed by atoms with Crippen LogP contribution in [0, 0.1) is 0 Å². The van der Waals surface area contributed by atoms with E-state index >= 15 is 0 Å². The first-order chi connectivity index (χ1) is 8.36. The summed E-state index contributed by atoms with van der Waals surface area (Å²) in [5.41, 5.74) is 2.82. The van der Waals surface area contributed by atoms with Crippen LogP contribution in [-0.4, -0.2) is 35.2 Å². The van der Waals surface area contributed by atoms with Crippen molar-refractivity contribution in [3.05, 3.63) is 11.3 Å². The molecule has 1 saturated heterocycles. The van der Waals surface area contributed by atoms with Gasteiger partial charge < -0.3 is 5.32 Å². The quantitative estimate of drug-likeness (QED) is 0.783. The van der Waals surface area contributed by atoms with Crippen molar-refractivity contribution in [3.8, 4) is 0 Å². The topological polar surface area (TPSA) is 44.0 Å². The predicted molar refractivity (Wildman–Crippen MR) is 69.2 cm³/mol. The highest BCUT2D eigenvalue weighted by molar-refractivity contribution is 5.48. The molecule has 2 aliphatic heterocycles. The average molecular weight is 234 g/mol. The van der Waals surface area contributed by atoms with Gasteiger partial charge >= 0.3 is 0 Å². The zero-order chi connectivity index (χ0) is 11.7. The number of likely N-dealkylation sites (tertiary alicyclic amines) is 1. The van der Waals surface area contributed by atoms with E-state index < -0.39 is 0 Å². The normalized spacial score (nSPS) is 26.1. The largest absolute Gasteiger partial charge is 0.368 e. The Labute approximate surface area is 103 Å². The Bertz CT molecular complexity index is 385. The molecule has 4 heteroatoms. The molecule has 0 saturated carbocycles. The Morgan fingerprint density at radius 1 is 1.24 bits per heavy atom. The Hall–Kier alpha value is -1.03. The summed E-state index contributed by atoms with van der Waals surface area (Å²) in [6, 6.07) is 0.555. The molecule has 3 heterocycles. The van der Waals surface area contributed by atoms with Crippen LogP contribution >= 0.6 is 0 Å². The Balaban J connectivity index is 1.89. The Morgan fingerprint density at radius 2 is 2.18 bits per heavy atom. The van der Waals surface area contributed by atoms with Gasteiger partial charge in [0.05, 0.1) is 11.7 Å². The van der Waals surface area contributed by atoms with Gasteiger partial charge in [-0.15, -0.1) is 0 Å². The first kappa shape index (κ1) is 11.1. The summed E-state index contributed by atoms with van der Waals surface area (Å²) in [6.07, 6.45) is 7.67. The van der Waals surface area contributed by atoms with Crippen LogP contribution in [0.15, 0.2) is 0 Å². The molecule has 94 valence electrons. The third kappa shape index (κ3) is 2.06. The van der Waals surface area contributed by atoms with Crippen molar-refractivity contribution in [2.24, 2.45) is 0 Å². The van der Waals surface area contributed by atoms with Gasteiger partial charge in [0, 0.05) is 12.1 Å². The number of hydrogen-bond donors (Lipinski definition) is 2. The number of piperidine rings is 1. The van der Waals surface area contributed by atoms with Crippen LogP contribution in [0.25, 0.3) is 0 Å². The van der Waals surface area contributed by atoms with Crippen LogP contribution in [0.1, 0.15) is 49.4 Å². The van der Waals surface area contributed by atoms with Crippen molar-refractivity contribution in [2.45, 2.75) is 44.6 Å². The molecule has 0 aromatic carbocycles. The van der Waals surface area contributed by atoms with Crippen molar-refractivity contribution in [2.75, 3.05) is 25.5 Å². The zero-order valence-corrected chi connectivity index (χ0v) is 10.6. The molecule has 0 bridgehead atoms. The van der Waals surface area contributed by atoms with Crippen molar-refractivity contribution < 1.29 is 0 Å². The van der Waals surface area contributed by atoms with E-state index in [1.165, 1.54) is 56.3 Å². The van der Waals surface area contributed by atoms with Gasteiger partial charge in [0.2, 0.25) is 0 Å². The molecule has 0 aliphatic carbocycles. The lowest BCUT2D eigenvalue weighted by molar-refractivity contribution is 0.182. The lowest BCUT2D eigenvalue weighted by Gasteiger charge is -2.32. The third-order valence-electron chi connectivity index (χ3n) is 4.15. The highest BCUT2D eigenvalue weighted by atomic mass is 15.2. The molecule has 1 aromatic heterocycles. The molecular formula is C13H22N4. The number of fused-ring (bicyclic) bond motifs is 1. The summed E-state index contributed by atoms with van der Waals surface area (Å²) in [5.74, 6) is 1.11. The monoisotopic (exact) mass is 234 g/mol. The number of nitrogens with zero attached hydrogens (tertiary/aromatic N) is 2. The van der Waals surface area contributed by atoms with Crippen LogP contribution in [0.5, 0.6) is 0 Å². The first-order valence-corrected chi connectivity index (χ1v) is 6.87. The van der Waals surface area contributed by atoms with Gasteiger partial charge in [0.15, 0.2) is 5.82 Å². The smallest absolute Gasteiger partial charge is 0.151 e. The van der Waals surface area contributed by atoms with Gasteiger partial charge in [0.1, 0.15) is 0 Å². The second-order valence-electron chi connectivity index (χ2n) is 5.34. The number of anilines is 1. The fraction of sp³-hybridized carbons (Fsp3) is 0.769. The lowest BCUT2D eigenvalue weighted by Crippen LogP contribution is -2.30. The molecule has 4 nitrogen and oxygen atoms in total. The highest BCUT2D eigenvalue weighted by Crippen LogP contribution is 2.34. The van der Waals surface area contributed by atoms with E-state index in [9.17, 15) is 0 Å². The van der Waals surface area contributed by atoms with Crippen LogP contribution in [0.4, 0.5) is 5.82 Å². The maximum atomic E-state index is 4.46. The molecular weight excluding hydrogens is 212 g/mol. The number of aromatic nitrogens is 2. The Morgan fingerprint density at radius 3 is 3.06 bits per heavy atom. The van der Waals surface area contributed by atoms with E-state index in [4.69, 9.17) is 0 Å². The number of rotatable bonds is 1. The summed E-state index contributed by atoms with van der Waals surface area (Å²) >= 11 is 0. The average Bonchev–Trinajstić information content (AvgIpc) is 2.59. The van der Waals surface area contributed by atoms with E-state index in [1.54, 1.807) is 0 Å². The van der Waals surface area contributed by atoms with Crippen molar-refractivity contribution in [1.29, 1.82) is 0 Å². The fourth-order valence-electron chi connectivity index (χ4n) is 3.13. The number of hydrogen-bond acceptors (Lipinski definition) is 3. The third-order valence-corrected chi connectivity index (χ3v) is 4.15. The van der Waals surface area contributed by atoms with Crippen molar-refractivity contribution in [1.82, 2.24) is 15.1 Å². The summed E-state index contributed by atoms with van der Waals surface area (Å²) in [7, 11) is 2.24. The van der Waals surface area contributed by atoms with Gasteiger partial charge in [0.25, 0.3) is 0 Å². The lowest BCUT2D eigenvalue weighted by atomic mass is 9.96. The molecule has 2 N–H and O–H groups in total. The molecule has 3 rings (SSSR count). The van der Waals surface area contributed by atoms with Crippen LogP contribution < -0.4 is 5.32 Å². The van der Waals surface area contributed by atoms with Crippen molar-refractivity contribution in [3.63, 3.8) is 0 Å². The summed E-state index contributed by atoms with van der Waals surface area (Å²) in [5, 5.41) is 11.2. The minimum absolute atomic E-state index is 0.555. The summed E-state index contributed by atoms with van der Waals surface area (Å²) < 4.78 is 0. The van der Waals surface area contributed by atoms with Gasteiger partial charge in [-0.05, 0) is 45.7 Å². The number of H-pyrrole nitrogens is 1. The number of aromatic amines is 1. The second-order valence-corrected chi connectivity index (χ2v) is 5.34. The standard InChI is InChI=1S/C13H22N4/c1-17-9-5-3-7-11(17)12-10-6-2-4-8-14-13(10)16-15-12/h11H,2-9H2,1H3,(H2,14,15,16)/t11-/m0/s1.